The van der Waals surface area contributed by atoms with Gasteiger partial charge in [0, 0.05) is 62.4 Å². The SMILES string of the molecule is CC1c2cccc(-c3cccc4c3c3ccccc3n4-c3cc(-c4ccc5sc6ccccc6c5c4)c4sc5ccccc5c4c3)c2-c2ccccc2CC1c1ccccc1. The molecule has 2 unspecified atom stereocenters. The van der Waals surface area contributed by atoms with Crippen molar-refractivity contribution < 1.29 is 0 Å². The Hall–Kier alpha value is -6.78. The largest absolute Gasteiger partial charge is 0.309 e. The first kappa shape index (κ1) is 35.0. The molecule has 0 radical (unpaired) electrons. The van der Waals surface area contributed by atoms with E-state index in [-0.39, 0.29) is 0 Å². The van der Waals surface area contributed by atoms with Gasteiger partial charge in [-0.1, -0.05) is 153 Å². The molecule has 0 N–H and O–H groups in total. The third-order valence-corrected chi connectivity index (χ3v) is 15.9. The summed E-state index contributed by atoms with van der Waals surface area (Å²) in [6, 6.07) is 73.2. The van der Waals surface area contributed by atoms with Gasteiger partial charge in [-0.3, -0.25) is 0 Å². The van der Waals surface area contributed by atoms with Crippen molar-refractivity contribution in [2.75, 3.05) is 0 Å². The molecule has 3 heteroatoms. The van der Waals surface area contributed by atoms with Crippen LogP contribution in [0, 0.1) is 0 Å². The molecule has 0 bridgehead atoms. The van der Waals surface area contributed by atoms with Gasteiger partial charge in [-0.05, 0) is 111 Å². The molecule has 0 spiro atoms. The van der Waals surface area contributed by atoms with E-state index in [1.807, 2.05) is 22.7 Å². The van der Waals surface area contributed by atoms with Crippen LogP contribution in [0.1, 0.15) is 35.4 Å². The number of fused-ring (bicyclic) bond motifs is 12. The molecule has 3 heterocycles. The van der Waals surface area contributed by atoms with E-state index in [9.17, 15) is 0 Å². The van der Waals surface area contributed by atoms with E-state index in [1.54, 1.807) is 0 Å². The van der Waals surface area contributed by atoms with Crippen molar-refractivity contribution in [3.8, 4) is 39.1 Å². The van der Waals surface area contributed by atoms with Gasteiger partial charge in [0.15, 0.2) is 0 Å². The minimum absolute atomic E-state index is 0.335. The molecule has 288 valence electrons. The quantitative estimate of drug-likeness (QED) is 0.167. The fourth-order valence-electron chi connectivity index (χ4n) is 10.7. The molecule has 0 saturated heterocycles. The lowest BCUT2D eigenvalue weighted by Crippen LogP contribution is -2.10. The Morgan fingerprint density at radius 3 is 1.98 bits per heavy atom. The van der Waals surface area contributed by atoms with E-state index in [4.69, 9.17) is 0 Å². The van der Waals surface area contributed by atoms with E-state index in [2.05, 4.69) is 206 Å². The number of para-hydroxylation sites is 1. The third-order valence-electron chi connectivity index (χ3n) is 13.5. The maximum absolute atomic E-state index is 2.53. The first-order chi connectivity index (χ1) is 30.2. The predicted molar refractivity (Wildman–Crippen MR) is 264 cm³/mol. The fraction of sp³-hybridized carbons (Fsp3) is 0.0690. The van der Waals surface area contributed by atoms with E-state index in [1.165, 1.54) is 118 Å². The maximum Gasteiger partial charge on any atom is 0.0547 e. The standard InChI is InChI=1S/C58H39NS2/c1-35-40-22-13-23-44(56(40)41-18-6-5-17-37(41)31-47(35)36-15-3-2-4-16-36)45-24-14-26-52-57(45)46-21-7-10-25-51(46)59(52)39-33-48(58-50(34-39)43-20-9-12-28-54(43)61-58)38-29-30-55-49(32-38)42-19-8-11-27-53(42)60-55/h2-30,32-35,47H,31H2,1H3. The van der Waals surface area contributed by atoms with Gasteiger partial charge >= 0.3 is 0 Å². The summed E-state index contributed by atoms with van der Waals surface area (Å²) < 4.78 is 7.84. The molecule has 1 nitrogen and oxygen atoms in total. The molecule has 12 aromatic rings. The number of rotatable bonds is 4. The molecule has 0 aliphatic heterocycles. The predicted octanol–water partition coefficient (Wildman–Crippen LogP) is 17.0. The maximum atomic E-state index is 2.53. The second kappa shape index (κ2) is 13.6. The van der Waals surface area contributed by atoms with Crippen LogP contribution in [0.25, 0.3) is 101 Å². The first-order valence-electron chi connectivity index (χ1n) is 21.3. The topological polar surface area (TPSA) is 4.93 Å². The zero-order chi connectivity index (χ0) is 40.2. The Balaban J connectivity index is 1.08. The summed E-state index contributed by atoms with van der Waals surface area (Å²) in [4.78, 5) is 0. The molecule has 61 heavy (non-hydrogen) atoms. The molecule has 1 aliphatic carbocycles. The van der Waals surface area contributed by atoms with Crippen LogP contribution in [0.3, 0.4) is 0 Å². The van der Waals surface area contributed by atoms with Crippen molar-refractivity contribution >= 4 is 84.8 Å². The molecule has 9 aromatic carbocycles. The van der Waals surface area contributed by atoms with Crippen LogP contribution >= 0.6 is 22.7 Å². The zero-order valence-electron chi connectivity index (χ0n) is 33.6. The van der Waals surface area contributed by atoms with Crippen LogP contribution in [0.15, 0.2) is 194 Å². The Morgan fingerprint density at radius 2 is 1.11 bits per heavy atom. The van der Waals surface area contributed by atoms with Gasteiger partial charge < -0.3 is 4.57 Å². The Labute approximate surface area is 362 Å². The molecular formula is C58H39NS2. The minimum Gasteiger partial charge on any atom is -0.309 e. The fourth-order valence-corrected chi connectivity index (χ4v) is 13.0. The van der Waals surface area contributed by atoms with Crippen LogP contribution in [0.4, 0.5) is 0 Å². The second-order valence-electron chi connectivity index (χ2n) is 16.8. The van der Waals surface area contributed by atoms with Gasteiger partial charge in [-0.2, -0.15) is 0 Å². The van der Waals surface area contributed by atoms with Crippen molar-refractivity contribution in [1.29, 1.82) is 0 Å². The van der Waals surface area contributed by atoms with Gasteiger partial charge in [0.25, 0.3) is 0 Å². The van der Waals surface area contributed by atoms with Crippen molar-refractivity contribution in [2.45, 2.75) is 25.2 Å². The van der Waals surface area contributed by atoms with Gasteiger partial charge in [0.1, 0.15) is 0 Å². The number of aromatic nitrogens is 1. The van der Waals surface area contributed by atoms with Crippen LogP contribution in [0.2, 0.25) is 0 Å². The molecule has 13 rings (SSSR count). The Bertz CT molecular complexity index is 3710. The average molecular weight is 814 g/mol. The molecular weight excluding hydrogens is 775 g/mol. The highest BCUT2D eigenvalue weighted by Gasteiger charge is 2.31. The van der Waals surface area contributed by atoms with E-state index in [0.717, 1.165) is 6.42 Å². The summed E-state index contributed by atoms with van der Waals surface area (Å²) in [5.74, 6) is 0.718. The average Bonchev–Trinajstić information content (AvgIpc) is 3.97. The lowest BCUT2D eigenvalue weighted by Gasteiger charge is -2.24. The highest BCUT2D eigenvalue weighted by Crippen LogP contribution is 2.51. The first-order valence-corrected chi connectivity index (χ1v) is 23.0. The van der Waals surface area contributed by atoms with Gasteiger partial charge in [-0.25, -0.2) is 0 Å². The molecule has 0 saturated carbocycles. The van der Waals surface area contributed by atoms with Crippen molar-refractivity contribution in [1.82, 2.24) is 4.57 Å². The van der Waals surface area contributed by atoms with Crippen LogP contribution in [0.5, 0.6) is 0 Å². The summed E-state index contributed by atoms with van der Waals surface area (Å²) in [6.07, 6.45) is 1.01. The van der Waals surface area contributed by atoms with Crippen LogP contribution in [-0.4, -0.2) is 4.57 Å². The van der Waals surface area contributed by atoms with E-state index >= 15 is 0 Å². The second-order valence-corrected chi connectivity index (χ2v) is 18.9. The highest BCUT2D eigenvalue weighted by atomic mass is 32.1. The van der Waals surface area contributed by atoms with E-state index in [0.29, 0.717) is 11.8 Å². The number of benzene rings is 9. The molecule has 3 aromatic heterocycles. The minimum atomic E-state index is 0.335. The summed E-state index contributed by atoms with van der Waals surface area (Å²) in [5, 5.41) is 7.83. The van der Waals surface area contributed by atoms with Gasteiger partial charge in [-0.15, -0.1) is 22.7 Å². The monoisotopic (exact) mass is 813 g/mol. The van der Waals surface area contributed by atoms with Gasteiger partial charge in [0.05, 0.1) is 11.0 Å². The number of thiophene rings is 2. The number of nitrogens with zero attached hydrogens (tertiary/aromatic N) is 1. The summed E-state index contributed by atoms with van der Waals surface area (Å²) in [7, 11) is 0. The molecule has 0 amide bonds. The Kier molecular flexibility index (Phi) is 7.82. The van der Waals surface area contributed by atoms with Gasteiger partial charge in [0.2, 0.25) is 0 Å². The molecule has 1 aliphatic rings. The van der Waals surface area contributed by atoms with Crippen LogP contribution in [-0.2, 0) is 6.42 Å². The highest BCUT2D eigenvalue weighted by molar-refractivity contribution is 7.26. The summed E-state index contributed by atoms with van der Waals surface area (Å²) in [6.45, 7) is 2.44. The Morgan fingerprint density at radius 1 is 0.459 bits per heavy atom. The summed E-state index contributed by atoms with van der Waals surface area (Å²) >= 11 is 3.79. The van der Waals surface area contributed by atoms with Crippen molar-refractivity contribution in [3.05, 3.63) is 211 Å². The lowest BCUT2D eigenvalue weighted by molar-refractivity contribution is 0.579. The van der Waals surface area contributed by atoms with Crippen LogP contribution < -0.4 is 0 Å². The number of hydrogen-bond acceptors (Lipinski definition) is 2. The van der Waals surface area contributed by atoms with Crippen molar-refractivity contribution in [2.24, 2.45) is 0 Å². The zero-order valence-corrected chi connectivity index (χ0v) is 35.2. The van der Waals surface area contributed by atoms with Crippen molar-refractivity contribution in [3.63, 3.8) is 0 Å². The number of hydrogen-bond donors (Lipinski definition) is 0. The summed E-state index contributed by atoms with van der Waals surface area (Å²) in [5.41, 5.74) is 15.7. The molecule has 2 atom stereocenters. The third kappa shape index (κ3) is 5.31. The van der Waals surface area contributed by atoms with E-state index < -0.39 is 0 Å². The lowest BCUT2D eigenvalue weighted by atomic mass is 9.79. The normalized spacial score (nSPS) is 15.2. The molecule has 0 fully saturated rings. The smallest absolute Gasteiger partial charge is 0.0547 e.